The third-order valence-corrected chi connectivity index (χ3v) is 6.56. The van der Waals surface area contributed by atoms with E-state index in [1.165, 1.54) is 0 Å². The summed E-state index contributed by atoms with van der Waals surface area (Å²) in [4.78, 5) is 22.0. The van der Waals surface area contributed by atoms with Crippen molar-refractivity contribution in [2.45, 2.75) is 18.3 Å². The molecular formula is C25H28N6O2. The molecule has 1 amide bonds. The van der Waals surface area contributed by atoms with Gasteiger partial charge in [-0.15, -0.1) is 10.2 Å². The van der Waals surface area contributed by atoms with Crippen molar-refractivity contribution < 1.29 is 9.53 Å². The molecule has 0 bridgehead atoms. The number of carbonyl (C=O) groups excluding carboxylic acids is 1. The predicted molar refractivity (Wildman–Crippen MR) is 127 cm³/mol. The number of hydrogen-bond donors (Lipinski definition) is 1. The smallest absolute Gasteiger partial charge is 0.233 e. The lowest BCUT2D eigenvalue weighted by molar-refractivity contribution is -0.141. The van der Waals surface area contributed by atoms with Gasteiger partial charge in [0.1, 0.15) is 0 Å². The first-order valence-corrected chi connectivity index (χ1v) is 11.4. The molecule has 0 radical (unpaired) electrons. The monoisotopic (exact) mass is 444 g/mol. The molecule has 2 aliphatic heterocycles. The van der Waals surface area contributed by atoms with E-state index in [9.17, 15) is 4.79 Å². The number of piperazine rings is 1. The standard InChI is InChI=1S/C25H28N6O2/c32-24(25(10-17-33-18-11-25)20-5-2-1-3-6-20)31-15-13-30(14-16-31)23-9-8-22(28-29-23)27-21-7-4-12-26-19-21/h1-9,12,19H,10-11,13-18H2,(H,27,28). The maximum absolute atomic E-state index is 13.7. The van der Waals surface area contributed by atoms with Crippen molar-refractivity contribution in [1.29, 1.82) is 0 Å². The predicted octanol–water partition coefficient (Wildman–Crippen LogP) is 3.01. The SMILES string of the molecule is O=C(N1CCN(c2ccc(Nc3cccnc3)nn2)CC1)C1(c2ccccc2)CCOCC1. The van der Waals surface area contributed by atoms with Crippen LogP contribution in [0.3, 0.4) is 0 Å². The van der Waals surface area contributed by atoms with Gasteiger partial charge in [-0.2, -0.15) is 0 Å². The lowest BCUT2D eigenvalue weighted by atomic mass is 9.73. The lowest BCUT2D eigenvalue weighted by Crippen LogP contribution is -2.56. The molecule has 0 spiro atoms. The first-order chi connectivity index (χ1) is 16.2. The average Bonchev–Trinajstić information content (AvgIpc) is 2.90. The van der Waals surface area contributed by atoms with Gasteiger partial charge in [0.2, 0.25) is 5.91 Å². The van der Waals surface area contributed by atoms with Crippen LogP contribution in [-0.4, -0.2) is 65.4 Å². The van der Waals surface area contributed by atoms with Crippen LogP contribution in [0.25, 0.3) is 0 Å². The number of pyridine rings is 1. The molecule has 5 rings (SSSR count). The minimum Gasteiger partial charge on any atom is -0.381 e. The quantitative estimate of drug-likeness (QED) is 0.648. The molecule has 4 heterocycles. The maximum Gasteiger partial charge on any atom is 0.233 e. The fourth-order valence-corrected chi connectivity index (χ4v) is 4.69. The molecular weight excluding hydrogens is 416 g/mol. The molecule has 8 heteroatoms. The van der Waals surface area contributed by atoms with E-state index in [0.29, 0.717) is 32.1 Å². The van der Waals surface area contributed by atoms with Crippen LogP contribution >= 0.6 is 0 Å². The van der Waals surface area contributed by atoms with Gasteiger partial charge in [-0.1, -0.05) is 30.3 Å². The number of anilines is 3. The summed E-state index contributed by atoms with van der Waals surface area (Å²) in [5.74, 6) is 1.71. The molecule has 2 saturated heterocycles. The molecule has 0 atom stereocenters. The first-order valence-electron chi connectivity index (χ1n) is 11.4. The Morgan fingerprint density at radius 2 is 1.70 bits per heavy atom. The van der Waals surface area contributed by atoms with Crippen LogP contribution in [0.4, 0.5) is 17.3 Å². The number of benzene rings is 1. The number of amides is 1. The van der Waals surface area contributed by atoms with Gasteiger partial charge < -0.3 is 19.9 Å². The average molecular weight is 445 g/mol. The van der Waals surface area contributed by atoms with Gasteiger partial charge in [0.15, 0.2) is 11.6 Å². The molecule has 0 unspecified atom stereocenters. The third-order valence-electron chi connectivity index (χ3n) is 6.56. The normalized spacial score (nSPS) is 18.1. The van der Waals surface area contributed by atoms with Crippen LogP contribution in [0.2, 0.25) is 0 Å². The van der Waals surface area contributed by atoms with Gasteiger partial charge in [-0.25, -0.2) is 0 Å². The van der Waals surface area contributed by atoms with Crippen molar-refractivity contribution in [3.05, 3.63) is 72.6 Å². The number of nitrogens with zero attached hydrogens (tertiary/aromatic N) is 5. The zero-order chi connectivity index (χ0) is 22.5. The van der Waals surface area contributed by atoms with Crippen LogP contribution in [0, 0.1) is 0 Å². The number of rotatable bonds is 5. The molecule has 0 saturated carbocycles. The topological polar surface area (TPSA) is 83.5 Å². The third kappa shape index (κ3) is 4.52. The summed E-state index contributed by atoms with van der Waals surface area (Å²) >= 11 is 0. The summed E-state index contributed by atoms with van der Waals surface area (Å²) in [5.41, 5.74) is 1.48. The van der Waals surface area contributed by atoms with E-state index < -0.39 is 5.41 Å². The van der Waals surface area contributed by atoms with E-state index >= 15 is 0 Å². The highest BCUT2D eigenvalue weighted by Gasteiger charge is 2.44. The van der Waals surface area contributed by atoms with Gasteiger partial charge in [0.05, 0.1) is 17.3 Å². The Balaban J connectivity index is 1.23. The Bertz CT molecular complexity index is 1050. The van der Waals surface area contributed by atoms with Crippen molar-refractivity contribution >= 4 is 23.2 Å². The fraction of sp³-hybridized carbons (Fsp3) is 0.360. The van der Waals surface area contributed by atoms with E-state index in [1.54, 1.807) is 12.4 Å². The van der Waals surface area contributed by atoms with E-state index in [1.807, 2.05) is 47.4 Å². The second-order valence-electron chi connectivity index (χ2n) is 8.48. The van der Waals surface area contributed by atoms with Crippen molar-refractivity contribution in [2.24, 2.45) is 0 Å². The minimum absolute atomic E-state index is 0.221. The van der Waals surface area contributed by atoms with E-state index in [0.717, 1.165) is 43.0 Å². The Morgan fingerprint density at radius 3 is 2.36 bits per heavy atom. The summed E-state index contributed by atoms with van der Waals surface area (Å²) in [6.45, 7) is 4.05. The summed E-state index contributed by atoms with van der Waals surface area (Å²) in [7, 11) is 0. The van der Waals surface area contributed by atoms with Gasteiger partial charge in [-0.05, 0) is 42.7 Å². The van der Waals surface area contributed by atoms with Crippen LogP contribution in [-0.2, 0) is 14.9 Å². The molecule has 1 N–H and O–H groups in total. The molecule has 33 heavy (non-hydrogen) atoms. The molecule has 2 aliphatic rings. The Morgan fingerprint density at radius 1 is 0.909 bits per heavy atom. The summed E-state index contributed by atoms with van der Waals surface area (Å²) in [6.07, 6.45) is 4.93. The van der Waals surface area contributed by atoms with Gasteiger partial charge >= 0.3 is 0 Å². The van der Waals surface area contributed by atoms with E-state index in [2.05, 4.69) is 37.5 Å². The van der Waals surface area contributed by atoms with Crippen molar-refractivity contribution in [1.82, 2.24) is 20.1 Å². The summed E-state index contributed by atoms with van der Waals surface area (Å²) < 4.78 is 5.60. The van der Waals surface area contributed by atoms with Gasteiger partial charge in [0.25, 0.3) is 0 Å². The molecule has 1 aromatic carbocycles. The first kappa shape index (κ1) is 21.3. The number of nitrogens with one attached hydrogen (secondary N) is 1. The van der Waals surface area contributed by atoms with Crippen molar-refractivity contribution in [2.75, 3.05) is 49.6 Å². The second-order valence-corrected chi connectivity index (χ2v) is 8.48. The van der Waals surface area contributed by atoms with Crippen LogP contribution in [0.1, 0.15) is 18.4 Å². The molecule has 2 aromatic heterocycles. The summed E-state index contributed by atoms with van der Waals surface area (Å²) in [5, 5.41) is 11.9. The van der Waals surface area contributed by atoms with E-state index in [4.69, 9.17) is 4.74 Å². The Kier molecular flexibility index (Phi) is 6.17. The number of hydrogen-bond acceptors (Lipinski definition) is 7. The summed E-state index contributed by atoms with van der Waals surface area (Å²) in [6, 6.07) is 17.9. The zero-order valence-electron chi connectivity index (χ0n) is 18.6. The van der Waals surface area contributed by atoms with Crippen molar-refractivity contribution in [3.63, 3.8) is 0 Å². The molecule has 3 aromatic rings. The van der Waals surface area contributed by atoms with Gasteiger partial charge in [0, 0.05) is 45.6 Å². The number of aromatic nitrogens is 3. The highest BCUT2D eigenvalue weighted by atomic mass is 16.5. The number of carbonyl (C=O) groups is 1. The zero-order valence-corrected chi connectivity index (χ0v) is 18.6. The molecule has 170 valence electrons. The van der Waals surface area contributed by atoms with Crippen LogP contribution in [0.5, 0.6) is 0 Å². The largest absolute Gasteiger partial charge is 0.381 e. The second kappa shape index (κ2) is 9.54. The van der Waals surface area contributed by atoms with Crippen LogP contribution < -0.4 is 10.2 Å². The maximum atomic E-state index is 13.7. The van der Waals surface area contributed by atoms with Crippen LogP contribution in [0.15, 0.2) is 67.0 Å². The molecule has 2 fully saturated rings. The highest BCUT2D eigenvalue weighted by Crippen LogP contribution is 2.37. The minimum atomic E-state index is -0.485. The number of ether oxygens (including phenoxy) is 1. The Labute approximate surface area is 193 Å². The van der Waals surface area contributed by atoms with E-state index in [-0.39, 0.29) is 5.91 Å². The molecule has 8 nitrogen and oxygen atoms in total. The lowest BCUT2D eigenvalue weighted by Gasteiger charge is -2.43. The van der Waals surface area contributed by atoms with Gasteiger partial charge in [-0.3, -0.25) is 9.78 Å². The molecule has 0 aliphatic carbocycles. The fourth-order valence-electron chi connectivity index (χ4n) is 4.69. The van der Waals surface area contributed by atoms with Crippen molar-refractivity contribution in [3.8, 4) is 0 Å². The highest BCUT2D eigenvalue weighted by molar-refractivity contribution is 5.88. The Hall–Kier alpha value is -3.52.